The van der Waals surface area contributed by atoms with Gasteiger partial charge in [0.25, 0.3) is 0 Å². The van der Waals surface area contributed by atoms with Crippen LogP contribution in [0.5, 0.6) is 0 Å². The lowest BCUT2D eigenvalue weighted by Crippen LogP contribution is -2.33. The Bertz CT molecular complexity index is 978. The standard InChI is InChI=1S/C18H23FN2O4S2/c1-3-4-10-26(22,23)21-13-18(15-6-5-9-20-12-15)27(24,25)16-7-8-17(19)14(2)11-16/h5-9,11-12,18,21H,3-4,10,13H2,1-2H3. The van der Waals surface area contributed by atoms with Gasteiger partial charge in [-0.3, -0.25) is 4.98 Å². The van der Waals surface area contributed by atoms with Gasteiger partial charge in [-0.1, -0.05) is 19.4 Å². The molecule has 0 fully saturated rings. The number of nitrogens with one attached hydrogen (secondary N) is 1. The Kier molecular flexibility index (Phi) is 7.07. The Balaban J connectivity index is 2.39. The SMILES string of the molecule is CCCCS(=O)(=O)NCC(c1cccnc1)S(=O)(=O)c1ccc(F)c(C)c1. The second-order valence-electron chi connectivity index (χ2n) is 6.25. The second kappa shape index (κ2) is 8.90. The number of benzene rings is 1. The lowest BCUT2D eigenvalue weighted by molar-refractivity contribution is 0.566. The van der Waals surface area contributed by atoms with E-state index in [1.54, 1.807) is 12.1 Å². The molecule has 1 aromatic heterocycles. The van der Waals surface area contributed by atoms with Crippen LogP contribution < -0.4 is 4.72 Å². The number of aryl methyl sites for hydroxylation is 1. The molecule has 0 spiro atoms. The van der Waals surface area contributed by atoms with Crippen LogP contribution in [-0.4, -0.2) is 34.1 Å². The van der Waals surface area contributed by atoms with E-state index in [1.165, 1.54) is 31.5 Å². The first-order valence-electron chi connectivity index (χ1n) is 8.54. The first-order valence-corrected chi connectivity index (χ1v) is 11.7. The highest BCUT2D eigenvalue weighted by Gasteiger charge is 2.31. The molecule has 0 aliphatic rings. The van der Waals surface area contributed by atoms with Crippen LogP contribution in [0.4, 0.5) is 4.39 Å². The molecule has 2 rings (SSSR count). The minimum atomic E-state index is -3.97. The maximum absolute atomic E-state index is 13.5. The summed E-state index contributed by atoms with van der Waals surface area (Å²) < 4.78 is 66.4. The van der Waals surface area contributed by atoms with Crippen LogP contribution in [0.25, 0.3) is 0 Å². The van der Waals surface area contributed by atoms with E-state index in [9.17, 15) is 21.2 Å². The van der Waals surface area contributed by atoms with Gasteiger partial charge in [-0.05, 0) is 48.7 Å². The molecule has 2 aromatic rings. The van der Waals surface area contributed by atoms with E-state index in [-0.39, 0.29) is 22.8 Å². The van der Waals surface area contributed by atoms with Crippen molar-refractivity contribution in [1.29, 1.82) is 0 Å². The molecule has 1 atom stereocenters. The van der Waals surface area contributed by atoms with Crippen LogP contribution in [0.2, 0.25) is 0 Å². The van der Waals surface area contributed by atoms with E-state index in [1.807, 2.05) is 6.92 Å². The Hall–Kier alpha value is -1.84. The maximum atomic E-state index is 13.5. The number of sulfone groups is 1. The summed E-state index contributed by atoms with van der Waals surface area (Å²) in [6.07, 6.45) is 4.08. The van der Waals surface area contributed by atoms with Gasteiger partial charge in [0.1, 0.15) is 11.1 Å². The van der Waals surface area contributed by atoms with Gasteiger partial charge in [0.15, 0.2) is 9.84 Å². The van der Waals surface area contributed by atoms with E-state index in [0.717, 1.165) is 6.07 Å². The lowest BCUT2D eigenvalue weighted by Gasteiger charge is -2.19. The summed E-state index contributed by atoms with van der Waals surface area (Å²) >= 11 is 0. The van der Waals surface area contributed by atoms with Gasteiger partial charge in [0.05, 0.1) is 10.6 Å². The topological polar surface area (TPSA) is 93.2 Å². The van der Waals surface area contributed by atoms with E-state index >= 15 is 0 Å². The normalized spacial score (nSPS) is 13.4. The average molecular weight is 415 g/mol. The molecule has 0 saturated heterocycles. The molecule has 0 aliphatic carbocycles. The van der Waals surface area contributed by atoms with Crippen LogP contribution in [0.1, 0.15) is 36.1 Å². The zero-order valence-electron chi connectivity index (χ0n) is 15.2. The molecule has 0 aliphatic heterocycles. The van der Waals surface area contributed by atoms with E-state index < -0.39 is 30.9 Å². The third kappa shape index (κ3) is 5.57. The van der Waals surface area contributed by atoms with Crippen molar-refractivity contribution in [1.82, 2.24) is 9.71 Å². The fourth-order valence-electron chi connectivity index (χ4n) is 2.54. The van der Waals surface area contributed by atoms with Crippen molar-refractivity contribution in [3.63, 3.8) is 0 Å². The molecule has 1 heterocycles. The first-order chi connectivity index (χ1) is 12.7. The van der Waals surface area contributed by atoms with Crippen molar-refractivity contribution >= 4 is 19.9 Å². The van der Waals surface area contributed by atoms with Crippen molar-refractivity contribution in [3.05, 3.63) is 59.7 Å². The van der Waals surface area contributed by atoms with Crippen molar-refractivity contribution in [2.24, 2.45) is 0 Å². The minimum absolute atomic E-state index is 0.0667. The Labute approximate surface area is 159 Å². The van der Waals surface area contributed by atoms with Gasteiger partial charge in [-0.2, -0.15) is 0 Å². The van der Waals surface area contributed by atoms with Gasteiger partial charge < -0.3 is 0 Å². The van der Waals surface area contributed by atoms with Gasteiger partial charge in [-0.15, -0.1) is 0 Å². The van der Waals surface area contributed by atoms with Gasteiger partial charge in [0.2, 0.25) is 10.0 Å². The summed E-state index contributed by atoms with van der Waals surface area (Å²) in [4.78, 5) is 3.87. The summed E-state index contributed by atoms with van der Waals surface area (Å²) in [5, 5.41) is -1.17. The average Bonchev–Trinajstić information content (AvgIpc) is 2.63. The van der Waals surface area contributed by atoms with E-state index in [2.05, 4.69) is 9.71 Å². The molecular weight excluding hydrogens is 391 g/mol. The fraction of sp³-hybridized carbons (Fsp3) is 0.389. The summed E-state index contributed by atoms with van der Waals surface area (Å²) in [5.74, 6) is -0.578. The molecule has 0 radical (unpaired) electrons. The highest BCUT2D eigenvalue weighted by atomic mass is 32.2. The molecule has 27 heavy (non-hydrogen) atoms. The predicted octanol–water partition coefficient (Wildman–Crippen LogP) is 2.76. The van der Waals surface area contributed by atoms with Crippen LogP contribution in [0.3, 0.4) is 0 Å². The van der Waals surface area contributed by atoms with Crippen molar-refractivity contribution in [2.45, 2.75) is 36.8 Å². The monoisotopic (exact) mass is 414 g/mol. The van der Waals surface area contributed by atoms with Crippen molar-refractivity contribution in [3.8, 4) is 0 Å². The van der Waals surface area contributed by atoms with Crippen LogP contribution >= 0.6 is 0 Å². The van der Waals surface area contributed by atoms with Crippen LogP contribution in [-0.2, 0) is 19.9 Å². The molecular formula is C18H23FN2O4S2. The fourth-order valence-corrected chi connectivity index (χ4v) is 5.61. The maximum Gasteiger partial charge on any atom is 0.211 e. The molecule has 1 N–H and O–H groups in total. The number of unbranched alkanes of at least 4 members (excludes halogenated alkanes) is 1. The number of sulfonamides is 1. The molecule has 0 amide bonds. The highest BCUT2D eigenvalue weighted by Crippen LogP contribution is 2.29. The summed E-state index contributed by atoms with van der Waals surface area (Å²) in [5.41, 5.74) is 0.558. The Morgan fingerprint density at radius 1 is 1.19 bits per heavy atom. The number of rotatable bonds is 9. The highest BCUT2D eigenvalue weighted by molar-refractivity contribution is 7.92. The molecule has 9 heteroatoms. The van der Waals surface area contributed by atoms with Crippen LogP contribution in [0, 0.1) is 12.7 Å². The molecule has 6 nitrogen and oxygen atoms in total. The van der Waals surface area contributed by atoms with Gasteiger partial charge in [0, 0.05) is 18.9 Å². The third-order valence-electron chi connectivity index (χ3n) is 4.14. The number of hydrogen-bond acceptors (Lipinski definition) is 5. The largest absolute Gasteiger partial charge is 0.264 e. The van der Waals surface area contributed by atoms with Crippen molar-refractivity contribution < 1.29 is 21.2 Å². The zero-order valence-corrected chi connectivity index (χ0v) is 16.9. The number of hydrogen-bond donors (Lipinski definition) is 1. The van der Waals surface area contributed by atoms with E-state index in [0.29, 0.717) is 18.4 Å². The predicted molar refractivity (Wildman–Crippen MR) is 102 cm³/mol. The van der Waals surface area contributed by atoms with Crippen LogP contribution in [0.15, 0.2) is 47.6 Å². The first kappa shape index (κ1) is 21.5. The summed E-state index contributed by atoms with van der Waals surface area (Å²) in [7, 11) is -7.57. The smallest absolute Gasteiger partial charge is 0.211 e. The lowest BCUT2D eigenvalue weighted by atomic mass is 10.2. The molecule has 1 unspecified atom stereocenters. The Morgan fingerprint density at radius 3 is 2.52 bits per heavy atom. The molecule has 148 valence electrons. The Morgan fingerprint density at radius 2 is 1.93 bits per heavy atom. The number of halogens is 1. The third-order valence-corrected chi connectivity index (χ3v) is 7.68. The minimum Gasteiger partial charge on any atom is -0.264 e. The quantitative estimate of drug-likeness (QED) is 0.637. The number of aromatic nitrogens is 1. The van der Waals surface area contributed by atoms with Crippen molar-refractivity contribution in [2.75, 3.05) is 12.3 Å². The summed E-state index contributed by atoms with van der Waals surface area (Å²) in [6, 6.07) is 6.69. The van der Waals surface area contributed by atoms with Gasteiger partial charge >= 0.3 is 0 Å². The number of nitrogens with zero attached hydrogens (tertiary/aromatic N) is 1. The number of pyridine rings is 1. The second-order valence-corrected chi connectivity index (χ2v) is 10.3. The summed E-state index contributed by atoms with van der Waals surface area (Å²) in [6.45, 7) is 3.02. The molecule has 0 bridgehead atoms. The van der Waals surface area contributed by atoms with E-state index in [4.69, 9.17) is 0 Å². The molecule has 0 saturated carbocycles. The van der Waals surface area contributed by atoms with Gasteiger partial charge in [-0.25, -0.2) is 25.9 Å². The molecule has 1 aromatic carbocycles. The zero-order chi connectivity index (χ0) is 20.1.